The number of sulfone groups is 1. The van der Waals surface area contributed by atoms with Crippen molar-refractivity contribution < 1.29 is 13.2 Å². The van der Waals surface area contributed by atoms with Crippen LogP contribution < -0.4 is 0 Å². The fourth-order valence-electron chi connectivity index (χ4n) is 3.56. The first kappa shape index (κ1) is 19.6. The van der Waals surface area contributed by atoms with Crippen LogP contribution in [0.1, 0.15) is 53.2 Å². The molecule has 1 aliphatic rings. The minimum atomic E-state index is -3.07. The van der Waals surface area contributed by atoms with E-state index in [2.05, 4.69) is 26.0 Å². The Morgan fingerprint density at radius 1 is 1.11 bits per heavy atom. The van der Waals surface area contributed by atoms with Gasteiger partial charge >= 0.3 is 0 Å². The van der Waals surface area contributed by atoms with Crippen LogP contribution in [0.5, 0.6) is 0 Å². The van der Waals surface area contributed by atoms with Gasteiger partial charge in [-0.3, -0.25) is 4.79 Å². The smallest absolute Gasteiger partial charge is 0.254 e. The third-order valence-corrected chi connectivity index (χ3v) is 7.04. The molecule has 0 N–H and O–H groups in total. The molecule has 0 aliphatic carbocycles. The molecule has 0 spiro atoms. The summed E-state index contributed by atoms with van der Waals surface area (Å²) in [5, 5.41) is 0. The van der Waals surface area contributed by atoms with Crippen molar-refractivity contribution in [3.8, 4) is 0 Å². The SMILES string of the molecule is Cc1ccccc1C(=O)N(Cc1ccc(C(C)C)cc1)[C@H]1CCS(=O)(=O)C1. The lowest BCUT2D eigenvalue weighted by Crippen LogP contribution is -2.40. The van der Waals surface area contributed by atoms with Crippen molar-refractivity contribution in [2.45, 2.75) is 45.7 Å². The molecule has 0 bridgehead atoms. The second-order valence-corrected chi connectivity index (χ2v) is 9.93. The second kappa shape index (κ2) is 7.85. The standard InChI is InChI=1S/C22H27NO3S/c1-16(2)19-10-8-18(9-11-19)14-23(20-12-13-27(25,26)15-20)22(24)21-7-5-4-6-17(21)3/h4-11,16,20H,12-15H2,1-3H3/t20-/m0/s1. The number of carbonyl (C=O) groups excluding carboxylic acids is 1. The lowest BCUT2D eigenvalue weighted by Gasteiger charge is -2.29. The number of aryl methyl sites for hydroxylation is 1. The maximum atomic E-state index is 13.3. The van der Waals surface area contributed by atoms with Crippen LogP contribution in [0.15, 0.2) is 48.5 Å². The fraction of sp³-hybridized carbons (Fsp3) is 0.409. The van der Waals surface area contributed by atoms with E-state index in [4.69, 9.17) is 0 Å². The van der Waals surface area contributed by atoms with E-state index in [9.17, 15) is 13.2 Å². The van der Waals surface area contributed by atoms with Crippen LogP contribution in [0.4, 0.5) is 0 Å². The van der Waals surface area contributed by atoms with Gasteiger partial charge in [-0.2, -0.15) is 0 Å². The van der Waals surface area contributed by atoms with E-state index < -0.39 is 9.84 Å². The lowest BCUT2D eigenvalue weighted by atomic mass is 10.0. The van der Waals surface area contributed by atoms with Crippen molar-refractivity contribution in [3.05, 3.63) is 70.8 Å². The van der Waals surface area contributed by atoms with Gasteiger partial charge in [-0.25, -0.2) is 8.42 Å². The van der Waals surface area contributed by atoms with E-state index in [0.29, 0.717) is 24.4 Å². The number of benzene rings is 2. The minimum Gasteiger partial charge on any atom is -0.330 e. The quantitative estimate of drug-likeness (QED) is 0.783. The molecule has 27 heavy (non-hydrogen) atoms. The van der Waals surface area contributed by atoms with E-state index in [0.717, 1.165) is 11.1 Å². The predicted molar refractivity (Wildman–Crippen MR) is 109 cm³/mol. The summed E-state index contributed by atoms with van der Waals surface area (Å²) in [6.45, 7) is 6.62. The molecule has 1 heterocycles. The summed E-state index contributed by atoms with van der Waals surface area (Å²) in [6, 6.07) is 15.5. The molecule has 0 radical (unpaired) electrons. The van der Waals surface area contributed by atoms with Crippen molar-refractivity contribution in [1.82, 2.24) is 4.90 Å². The maximum absolute atomic E-state index is 13.3. The molecule has 1 aliphatic heterocycles. The Morgan fingerprint density at radius 2 is 1.78 bits per heavy atom. The number of nitrogens with zero attached hydrogens (tertiary/aromatic N) is 1. The summed E-state index contributed by atoms with van der Waals surface area (Å²) in [4.78, 5) is 15.0. The first-order chi connectivity index (χ1) is 12.8. The summed E-state index contributed by atoms with van der Waals surface area (Å²) in [5.74, 6) is 0.558. The highest BCUT2D eigenvalue weighted by molar-refractivity contribution is 7.91. The van der Waals surface area contributed by atoms with Gasteiger partial charge in [-0.1, -0.05) is 56.3 Å². The molecular weight excluding hydrogens is 358 g/mol. The van der Waals surface area contributed by atoms with Crippen molar-refractivity contribution in [2.24, 2.45) is 0 Å². The molecule has 3 rings (SSSR count). The highest BCUT2D eigenvalue weighted by atomic mass is 32.2. The molecule has 4 nitrogen and oxygen atoms in total. The molecule has 2 aromatic rings. The van der Waals surface area contributed by atoms with Crippen molar-refractivity contribution >= 4 is 15.7 Å². The van der Waals surface area contributed by atoms with Crippen LogP contribution in [0.3, 0.4) is 0 Å². The van der Waals surface area contributed by atoms with Crippen molar-refractivity contribution in [2.75, 3.05) is 11.5 Å². The Bertz CT molecular complexity index is 917. The first-order valence-corrected chi connectivity index (χ1v) is 11.2. The van der Waals surface area contributed by atoms with Gasteiger partial charge in [-0.05, 0) is 42.0 Å². The van der Waals surface area contributed by atoms with Crippen molar-refractivity contribution in [1.29, 1.82) is 0 Å². The monoisotopic (exact) mass is 385 g/mol. The molecule has 2 aromatic carbocycles. The second-order valence-electron chi connectivity index (χ2n) is 7.70. The van der Waals surface area contributed by atoms with E-state index in [1.54, 1.807) is 4.90 Å². The highest BCUT2D eigenvalue weighted by Crippen LogP contribution is 2.24. The third kappa shape index (κ3) is 4.59. The van der Waals surface area contributed by atoms with Crippen molar-refractivity contribution in [3.63, 3.8) is 0 Å². The number of rotatable bonds is 5. The van der Waals surface area contributed by atoms with Crippen LogP contribution in [-0.2, 0) is 16.4 Å². The summed E-state index contributed by atoms with van der Waals surface area (Å²) >= 11 is 0. The van der Waals surface area contributed by atoms with E-state index in [1.165, 1.54) is 5.56 Å². The van der Waals surface area contributed by atoms with Gasteiger partial charge in [0.2, 0.25) is 0 Å². The van der Waals surface area contributed by atoms with Gasteiger partial charge in [0.25, 0.3) is 5.91 Å². The number of hydrogen-bond donors (Lipinski definition) is 0. The first-order valence-electron chi connectivity index (χ1n) is 9.42. The molecule has 1 saturated heterocycles. The molecule has 144 valence electrons. The number of amides is 1. The van der Waals surface area contributed by atoms with E-state index in [-0.39, 0.29) is 23.5 Å². The van der Waals surface area contributed by atoms with E-state index >= 15 is 0 Å². The number of hydrogen-bond acceptors (Lipinski definition) is 3. The van der Waals surface area contributed by atoms with Gasteiger partial charge in [0.1, 0.15) is 0 Å². The van der Waals surface area contributed by atoms with Gasteiger partial charge in [0.15, 0.2) is 9.84 Å². The summed E-state index contributed by atoms with van der Waals surface area (Å²) in [5.41, 5.74) is 3.81. The summed E-state index contributed by atoms with van der Waals surface area (Å²) in [6.07, 6.45) is 0.504. The zero-order valence-corrected chi connectivity index (χ0v) is 17.0. The minimum absolute atomic E-state index is 0.0503. The molecule has 5 heteroatoms. The van der Waals surface area contributed by atoms with Gasteiger partial charge < -0.3 is 4.90 Å². The molecular formula is C22H27NO3S. The zero-order valence-electron chi connectivity index (χ0n) is 16.2. The van der Waals surface area contributed by atoms with Gasteiger partial charge in [-0.15, -0.1) is 0 Å². The maximum Gasteiger partial charge on any atom is 0.254 e. The predicted octanol–water partition coefficient (Wildman–Crippen LogP) is 3.95. The summed E-state index contributed by atoms with van der Waals surface area (Å²) < 4.78 is 24.0. The van der Waals surface area contributed by atoms with E-state index in [1.807, 2.05) is 43.3 Å². The Kier molecular flexibility index (Phi) is 5.70. The molecule has 1 fully saturated rings. The number of carbonyl (C=O) groups is 1. The Labute approximate surface area is 162 Å². The Morgan fingerprint density at radius 3 is 2.33 bits per heavy atom. The molecule has 0 saturated carbocycles. The van der Waals surface area contributed by atoms with Crippen LogP contribution >= 0.6 is 0 Å². The third-order valence-electron chi connectivity index (χ3n) is 5.28. The molecule has 1 atom stereocenters. The normalized spacial score (nSPS) is 18.6. The van der Waals surface area contributed by atoms with Crippen LogP contribution in [0.25, 0.3) is 0 Å². The van der Waals surface area contributed by atoms with Crippen LogP contribution in [-0.4, -0.2) is 36.8 Å². The highest BCUT2D eigenvalue weighted by Gasteiger charge is 2.35. The average Bonchev–Trinajstić information content (AvgIpc) is 2.99. The average molecular weight is 386 g/mol. The van der Waals surface area contributed by atoms with Crippen LogP contribution in [0, 0.1) is 6.92 Å². The molecule has 1 amide bonds. The zero-order chi connectivity index (χ0) is 19.6. The largest absolute Gasteiger partial charge is 0.330 e. The van der Waals surface area contributed by atoms with Gasteiger partial charge in [0.05, 0.1) is 11.5 Å². The Balaban J connectivity index is 1.90. The topological polar surface area (TPSA) is 54.5 Å². The summed E-state index contributed by atoms with van der Waals surface area (Å²) in [7, 11) is -3.07. The lowest BCUT2D eigenvalue weighted by molar-refractivity contribution is 0.0680. The van der Waals surface area contributed by atoms with Gasteiger partial charge in [0, 0.05) is 18.2 Å². The fourth-order valence-corrected chi connectivity index (χ4v) is 5.29. The molecule has 0 aromatic heterocycles. The molecule has 0 unspecified atom stereocenters. The Hall–Kier alpha value is -2.14. The van der Waals surface area contributed by atoms with Crippen LogP contribution in [0.2, 0.25) is 0 Å².